The summed E-state index contributed by atoms with van der Waals surface area (Å²) >= 11 is 0. The second-order valence-corrected chi connectivity index (χ2v) is 10.5. The molecule has 0 bridgehead atoms. The molecule has 0 nitrogen and oxygen atoms in total. The highest BCUT2D eigenvalue weighted by atomic mass is 32.3. The molecular weight excluding hydrogens is 392 g/mol. The zero-order valence-electron chi connectivity index (χ0n) is 17.3. The molecule has 150 valence electrons. The summed E-state index contributed by atoms with van der Waals surface area (Å²) in [5.41, 5.74) is 2.53. The van der Waals surface area contributed by atoms with Gasteiger partial charge in [-0.05, 0) is 53.6 Å². The second-order valence-electron chi connectivity index (χ2n) is 7.41. The molecule has 0 aliphatic rings. The van der Waals surface area contributed by atoms with E-state index in [0.717, 1.165) is 0 Å². The Morgan fingerprint density at radius 2 is 0.677 bits per heavy atom. The Bertz CT molecular complexity index is 1150. The van der Waals surface area contributed by atoms with E-state index in [1.807, 2.05) is 0 Å². The largest absolute Gasteiger partial charge is 0.132 e. The first-order valence-electron chi connectivity index (χ1n) is 10.5. The maximum Gasteiger partial charge on any atom is 0.0101 e. The van der Waals surface area contributed by atoms with Gasteiger partial charge in [-0.1, -0.05) is 103 Å². The standard InChI is InChI=1S/C30H24S/c1-5-15-25(16-6-1)29-23-13-14-24-30(29)31(26-17-7-2-8-18-26,27-19-9-3-10-20-27)28-21-11-4-12-22-28/h1-24H. The topological polar surface area (TPSA) is 0 Å². The van der Waals surface area contributed by atoms with Gasteiger partial charge >= 0.3 is 0 Å². The lowest BCUT2D eigenvalue weighted by molar-refractivity contribution is 1.24. The summed E-state index contributed by atoms with van der Waals surface area (Å²) in [6.45, 7) is 0. The Morgan fingerprint density at radius 1 is 0.323 bits per heavy atom. The van der Waals surface area contributed by atoms with Gasteiger partial charge < -0.3 is 0 Å². The number of rotatable bonds is 5. The Kier molecular flexibility index (Phi) is 5.43. The van der Waals surface area contributed by atoms with Crippen LogP contribution in [0.4, 0.5) is 0 Å². The maximum atomic E-state index is 2.32. The maximum absolute atomic E-state index is 2.32. The van der Waals surface area contributed by atoms with Crippen LogP contribution in [0.15, 0.2) is 165 Å². The molecular formula is C30H24S. The first-order valence-corrected chi connectivity index (χ1v) is 12.2. The van der Waals surface area contributed by atoms with Gasteiger partial charge in [0.1, 0.15) is 0 Å². The van der Waals surface area contributed by atoms with E-state index in [-0.39, 0.29) is 0 Å². The number of hydrogen-bond acceptors (Lipinski definition) is 0. The number of benzene rings is 5. The third kappa shape index (κ3) is 3.48. The van der Waals surface area contributed by atoms with Crippen LogP contribution >= 0.6 is 10.0 Å². The van der Waals surface area contributed by atoms with E-state index in [4.69, 9.17) is 0 Å². The molecule has 0 unspecified atom stereocenters. The van der Waals surface area contributed by atoms with Crippen molar-refractivity contribution in [1.29, 1.82) is 0 Å². The Labute approximate surface area is 186 Å². The van der Waals surface area contributed by atoms with Crippen molar-refractivity contribution >= 4 is 10.0 Å². The summed E-state index contributed by atoms with van der Waals surface area (Å²) in [4.78, 5) is 5.40. The van der Waals surface area contributed by atoms with E-state index in [0.29, 0.717) is 0 Å². The first kappa shape index (κ1) is 19.4. The first-order chi connectivity index (χ1) is 15.4. The van der Waals surface area contributed by atoms with E-state index in [9.17, 15) is 0 Å². The van der Waals surface area contributed by atoms with Gasteiger partial charge in [-0.25, -0.2) is 0 Å². The van der Waals surface area contributed by atoms with Gasteiger partial charge in [0.05, 0.1) is 0 Å². The molecule has 5 aromatic rings. The third-order valence-corrected chi connectivity index (χ3v) is 9.55. The van der Waals surface area contributed by atoms with Crippen molar-refractivity contribution < 1.29 is 0 Å². The zero-order chi connectivity index (χ0) is 20.9. The normalized spacial score (nSPS) is 11.7. The Morgan fingerprint density at radius 3 is 1.13 bits per heavy atom. The average Bonchev–Trinajstić information content (AvgIpc) is 2.87. The Hall–Kier alpha value is -3.55. The summed E-state index contributed by atoms with van der Waals surface area (Å²) in [6, 6.07) is 52.7. The van der Waals surface area contributed by atoms with E-state index >= 15 is 0 Å². The van der Waals surface area contributed by atoms with E-state index in [1.54, 1.807) is 0 Å². The van der Waals surface area contributed by atoms with Crippen LogP contribution in [0.5, 0.6) is 0 Å². The van der Waals surface area contributed by atoms with Gasteiger partial charge in [0.15, 0.2) is 0 Å². The quantitative estimate of drug-likeness (QED) is 0.269. The molecule has 0 radical (unpaired) electrons. The Balaban J connectivity index is 1.94. The third-order valence-electron chi connectivity index (χ3n) is 5.59. The molecule has 0 saturated carbocycles. The van der Waals surface area contributed by atoms with Crippen molar-refractivity contribution in [2.45, 2.75) is 19.6 Å². The predicted molar refractivity (Wildman–Crippen MR) is 132 cm³/mol. The molecule has 0 atom stereocenters. The second kappa shape index (κ2) is 8.67. The summed E-state index contributed by atoms with van der Waals surface area (Å²) < 4.78 is 0. The van der Waals surface area contributed by atoms with Gasteiger partial charge in [0.25, 0.3) is 0 Å². The van der Waals surface area contributed by atoms with Gasteiger partial charge in [0.2, 0.25) is 0 Å². The molecule has 0 spiro atoms. The minimum absolute atomic E-state index is 1.25. The fraction of sp³-hybridized carbons (Fsp3) is 0. The van der Waals surface area contributed by atoms with E-state index in [1.165, 1.54) is 30.7 Å². The van der Waals surface area contributed by atoms with Crippen LogP contribution in [0.3, 0.4) is 0 Å². The molecule has 31 heavy (non-hydrogen) atoms. The van der Waals surface area contributed by atoms with Crippen molar-refractivity contribution in [3.05, 3.63) is 146 Å². The molecule has 0 heterocycles. The van der Waals surface area contributed by atoms with E-state index < -0.39 is 10.0 Å². The lowest BCUT2D eigenvalue weighted by Crippen LogP contribution is -2.06. The van der Waals surface area contributed by atoms with Crippen LogP contribution in [0.2, 0.25) is 0 Å². The molecule has 0 aliphatic heterocycles. The summed E-state index contributed by atoms with van der Waals surface area (Å²) in [6.07, 6.45) is 0. The van der Waals surface area contributed by atoms with Gasteiger partial charge in [-0.15, -0.1) is 10.0 Å². The van der Waals surface area contributed by atoms with Crippen molar-refractivity contribution in [2.75, 3.05) is 0 Å². The highest BCUT2D eigenvalue weighted by molar-refractivity contribution is 8.34. The lowest BCUT2D eigenvalue weighted by atomic mass is 10.1. The fourth-order valence-electron chi connectivity index (χ4n) is 4.25. The fourth-order valence-corrected chi connectivity index (χ4v) is 8.33. The minimum atomic E-state index is -1.69. The van der Waals surface area contributed by atoms with Crippen LogP contribution in [-0.2, 0) is 0 Å². The highest BCUT2D eigenvalue weighted by Crippen LogP contribution is 2.74. The molecule has 1 heteroatoms. The van der Waals surface area contributed by atoms with Crippen LogP contribution in [-0.4, -0.2) is 0 Å². The highest BCUT2D eigenvalue weighted by Gasteiger charge is 2.34. The van der Waals surface area contributed by atoms with Crippen molar-refractivity contribution in [3.8, 4) is 11.1 Å². The summed E-state index contributed by atoms with van der Waals surface area (Å²) in [5, 5.41) is 0. The van der Waals surface area contributed by atoms with Gasteiger partial charge in [-0.2, -0.15) is 0 Å². The molecule has 0 amide bonds. The molecule has 0 saturated heterocycles. The minimum Gasteiger partial charge on any atom is -0.132 e. The van der Waals surface area contributed by atoms with Crippen molar-refractivity contribution in [2.24, 2.45) is 0 Å². The monoisotopic (exact) mass is 416 g/mol. The average molecular weight is 417 g/mol. The smallest absolute Gasteiger partial charge is 0.0101 e. The molecule has 0 aromatic heterocycles. The lowest BCUT2D eigenvalue weighted by Gasteiger charge is -2.43. The van der Waals surface area contributed by atoms with Crippen LogP contribution in [0, 0.1) is 0 Å². The number of hydrogen-bond donors (Lipinski definition) is 0. The molecule has 0 aliphatic carbocycles. The molecule has 0 fully saturated rings. The molecule has 0 N–H and O–H groups in total. The SMILES string of the molecule is c1ccc(-c2ccccc2S(c2ccccc2)(c2ccccc2)c2ccccc2)cc1. The predicted octanol–water partition coefficient (Wildman–Crippen LogP) is 8.69. The molecule has 5 rings (SSSR count). The zero-order valence-corrected chi connectivity index (χ0v) is 18.1. The van der Waals surface area contributed by atoms with Crippen LogP contribution < -0.4 is 0 Å². The molecule has 5 aromatic carbocycles. The summed E-state index contributed by atoms with van der Waals surface area (Å²) in [5.74, 6) is 0. The van der Waals surface area contributed by atoms with Crippen molar-refractivity contribution in [1.82, 2.24) is 0 Å². The van der Waals surface area contributed by atoms with Crippen LogP contribution in [0.25, 0.3) is 11.1 Å². The van der Waals surface area contributed by atoms with Gasteiger partial charge in [0, 0.05) is 19.6 Å². The van der Waals surface area contributed by atoms with E-state index in [2.05, 4.69) is 146 Å². The summed E-state index contributed by atoms with van der Waals surface area (Å²) in [7, 11) is -1.69. The van der Waals surface area contributed by atoms with Gasteiger partial charge in [-0.3, -0.25) is 0 Å². The van der Waals surface area contributed by atoms with Crippen molar-refractivity contribution in [3.63, 3.8) is 0 Å². The van der Waals surface area contributed by atoms with Crippen LogP contribution in [0.1, 0.15) is 0 Å².